The van der Waals surface area contributed by atoms with Crippen molar-refractivity contribution >= 4 is 11.6 Å². The Morgan fingerprint density at radius 2 is 2.06 bits per heavy atom. The van der Waals surface area contributed by atoms with Crippen molar-refractivity contribution in [1.29, 1.82) is 0 Å². The molecule has 0 atom stereocenters. The first-order valence-electron chi connectivity index (χ1n) is 4.82. The summed E-state index contributed by atoms with van der Waals surface area (Å²) in [5, 5.41) is 0. The van der Waals surface area contributed by atoms with Gasteiger partial charge in [0.1, 0.15) is 5.69 Å². The molecule has 1 aromatic rings. The van der Waals surface area contributed by atoms with Crippen LogP contribution in [0.3, 0.4) is 0 Å². The third kappa shape index (κ3) is 2.00. The molecule has 16 heavy (non-hydrogen) atoms. The molecule has 2 heterocycles. The van der Waals surface area contributed by atoms with Crippen molar-refractivity contribution in [3.8, 4) is 0 Å². The molecule has 3 nitrogen and oxygen atoms in total. The molecule has 1 amide bonds. The summed E-state index contributed by atoms with van der Waals surface area (Å²) in [5.74, 6) is -0.0680. The topological polar surface area (TPSA) is 33.2 Å². The van der Waals surface area contributed by atoms with E-state index in [1.807, 2.05) is 0 Å². The van der Waals surface area contributed by atoms with Gasteiger partial charge in [-0.3, -0.25) is 4.79 Å². The lowest BCUT2D eigenvalue weighted by Crippen LogP contribution is -2.24. The number of carbonyl (C=O) groups excluding carboxylic acids is 1. The molecule has 0 saturated carbocycles. The molecule has 1 aliphatic heterocycles. The van der Waals surface area contributed by atoms with Gasteiger partial charge in [0.2, 0.25) is 5.91 Å². The van der Waals surface area contributed by atoms with Crippen LogP contribution in [-0.4, -0.2) is 17.4 Å². The van der Waals surface area contributed by atoms with Crippen molar-refractivity contribution < 1.29 is 18.0 Å². The van der Waals surface area contributed by atoms with Crippen molar-refractivity contribution in [3.05, 3.63) is 24.0 Å². The third-order valence-electron chi connectivity index (χ3n) is 2.42. The van der Waals surface area contributed by atoms with Crippen LogP contribution in [0, 0.1) is 0 Å². The molecular formula is C10H9F3N2O. The van der Waals surface area contributed by atoms with Gasteiger partial charge in [0.05, 0.1) is 11.9 Å². The lowest BCUT2D eigenvalue weighted by atomic mass is 10.3. The van der Waals surface area contributed by atoms with Crippen LogP contribution in [0.25, 0.3) is 0 Å². The average molecular weight is 230 g/mol. The number of aromatic nitrogens is 1. The Hall–Kier alpha value is -1.59. The highest BCUT2D eigenvalue weighted by molar-refractivity contribution is 5.95. The monoisotopic (exact) mass is 230 g/mol. The summed E-state index contributed by atoms with van der Waals surface area (Å²) in [6.45, 7) is 0.547. The summed E-state index contributed by atoms with van der Waals surface area (Å²) in [5.41, 5.74) is -0.515. The predicted octanol–water partition coefficient (Wildman–Crippen LogP) is 2.23. The van der Waals surface area contributed by atoms with Crippen molar-refractivity contribution in [1.82, 2.24) is 4.98 Å². The Morgan fingerprint density at radius 3 is 2.50 bits per heavy atom. The minimum absolute atomic E-state index is 0.0680. The van der Waals surface area contributed by atoms with E-state index < -0.39 is 11.9 Å². The highest BCUT2D eigenvalue weighted by Crippen LogP contribution is 2.29. The maximum atomic E-state index is 12.2. The van der Waals surface area contributed by atoms with Gasteiger partial charge < -0.3 is 4.90 Å². The first-order chi connectivity index (χ1) is 7.48. The molecule has 0 N–H and O–H groups in total. The zero-order valence-corrected chi connectivity index (χ0v) is 8.29. The van der Waals surface area contributed by atoms with Gasteiger partial charge in [-0.05, 0) is 18.6 Å². The summed E-state index contributed by atoms with van der Waals surface area (Å²) in [6.07, 6.45) is -2.17. The molecule has 0 aliphatic carbocycles. The highest BCUT2D eigenvalue weighted by atomic mass is 19.4. The predicted molar refractivity (Wildman–Crippen MR) is 50.8 cm³/mol. The van der Waals surface area contributed by atoms with E-state index in [4.69, 9.17) is 0 Å². The quantitative estimate of drug-likeness (QED) is 0.741. The van der Waals surface area contributed by atoms with Crippen molar-refractivity contribution in [3.63, 3.8) is 0 Å². The second-order valence-electron chi connectivity index (χ2n) is 3.55. The third-order valence-corrected chi connectivity index (χ3v) is 2.42. The van der Waals surface area contributed by atoms with Gasteiger partial charge in [0.25, 0.3) is 0 Å². The molecule has 86 valence electrons. The fourth-order valence-corrected chi connectivity index (χ4v) is 1.63. The first-order valence-corrected chi connectivity index (χ1v) is 4.82. The summed E-state index contributed by atoms with van der Waals surface area (Å²) in [4.78, 5) is 16.1. The smallest absolute Gasteiger partial charge is 0.311 e. The second-order valence-corrected chi connectivity index (χ2v) is 3.55. The lowest BCUT2D eigenvalue weighted by molar-refractivity contribution is -0.141. The molecule has 6 heteroatoms. The van der Waals surface area contributed by atoms with E-state index in [1.165, 1.54) is 11.0 Å². The Labute approximate surface area is 89.9 Å². The SMILES string of the molecule is O=C1CCCN1c1ccc(C(F)(F)F)nc1. The van der Waals surface area contributed by atoms with Gasteiger partial charge in [0, 0.05) is 13.0 Å². The Bertz CT molecular complexity index is 400. The van der Waals surface area contributed by atoms with Gasteiger partial charge in [0.15, 0.2) is 0 Å². The van der Waals surface area contributed by atoms with E-state index in [1.54, 1.807) is 0 Å². The summed E-state index contributed by atoms with van der Waals surface area (Å²) in [6, 6.07) is 2.17. The highest BCUT2D eigenvalue weighted by Gasteiger charge is 2.32. The van der Waals surface area contributed by atoms with E-state index in [-0.39, 0.29) is 5.91 Å². The summed E-state index contributed by atoms with van der Waals surface area (Å²) in [7, 11) is 0. The zero-order chi connectivity index (χ0) is 11.8. The Balaban J connectivity index is 2.22. The number of hydrogen-bond acceptors (Lipinski definition) is 2. The fraction of sp³-hybridized carbons (Fsp3) is 0.400. The maximum absolute atomic E-state index is 12.2. The molecule has 0 radical (unpaired) electrons. The maximum Gasteiger partial charge on any atom is 0.433 e. The molecule has 1 saturated heterocycles. The fourth-order valence-electron chi connectivity index (χ4n) is 1.63. The number of halogens is 3. The number of rotatable bonds is 1. The van der Waals surface area contributed by atoms with Gasteiger partial charge in [-0.2, -0.15) is 13.2 Å². The summed E-state index contributed by atoms with van der Waals surface area (Å²) >= 11 is 0. The zero-order valence-electron chi connectivity index (χ0n) is 8.29. The van der Waals surface area contributed by atoms with Gasteiger partial charge in [-0.25, -0.2) is 4.98 Å². The van der Waals surface area contributed by atoms with Gasteiger partial charge >= 0.3 is 6.18 Å². The molecular weight excluding hydrogens is 221 g/mol. The molecule has 0 aromatic carbocycles. The van der Waals surface area contributed by atoms with E-state index in [0.717, 1.165) is 18.7 Å². The minimum Gasteiger partial charge on any atom is -0.311 e. The van der Waals surface area contributed by atoms with E-state index in [9.17, 15) is 18.0 Å². The Kier molecular flexibility index (Phi) is 2.57. The molecule has 1 fully saturated rings. The minimum atomic E-state index is -4.44. The first kappa shape index (κ1) is 10.9. The molecule has 0 unspecified atom stereocenters. The van der Waals surface area contributed by atoms with Crippen LogP contribution in [-0.2, 0) is 11.0 Å². The molecule has 0 spiro atoms. The van der Waals surface area contributed by atoms with Crippen LogP contribution in [0.2, 0.25) is 0 Å². The van der Waals surface area contributed by atoms with Crippen molar-refractivity contribution in [2.75, 3.05) is 11.4 Å². The van der Waals surface area contributed by atoms with E-state index in [0.29, 0.717) is 18.7 Å². The van der Waals surface area contributed by atoms with Crippen LogP contribution in [0.5, 0.6) is 0 Å². The van der Waals surface area contributed by atoms with Crippen molar-refractivity contribution in [2.24, 2.45) is 0 Å². The average Bonchev–Trinajstić information content (AvgIpc) is 2.63. The number of amides is 1. The van der Waals surface area contributed by atoms with Crippen LogP contribution >= 0.6 is 0 Å². The number of anilines is 1. The van der Waals surface area contributed by atoms with Crippen molar-refractivity contribution in [2.45, 2.75) is 19.0 Å². The largest absolute Gasteiger partial charge is 0.433 e. The molecule has 0 bridgehead atoms. The molecule has 1 aliphatic rings. The lowest BCUT2D eigenvalue weighted by Gasteiger charge is -2.15. The van der Waals surface area contributed by atoms with Crippen LogP contribution in [0.15, 0.2) is 18.3 Å². The van der Waals surface area contributed by atoms with Gasteiger partial charge in [-0.15, -0.1) is 0 Å². The van der Waals surface area contributed by atoms with E-state index in [2.05, 4.69) is 4.98 Å². The van der Waals surface area contributed by atoms with Crippen LogP contribution in [0.1, 0.15) is 18.5 Å². The Morgan fingerprint density at radius 1 is 1.31 bits per heavy atom. The number of hydrogen-bond donors (Lipinski definition) is 0. The number of carbonyl (C=O) groups is 1. The normalized spacial score (nSPS) is 16.9. The number of alkyl halides is 3. The summed E-state index contributed by atoms with van der Waals surface area (Å²) < 4.78 is 36.7. The van der Waals surface area contributed by atoms with Crippen LogP contribution < -0.4 is 4.90 Å². The standard InChI is InChI=1S/C10H9F3N2O/c11-10(12,13)8-4-3-7(6-14-8)15-5-1-2-9(15)16/h3-4,6H,1-2,5H2. The van der Waals surface area contributed by atoms with E-state index >= 15 is 0 Å². The number of pyridine rings is 1. The number of nitrogens with zero attached hydrogens (tertiary/aromatic N) is 2. The van der Waals surface area contributed by atoms with Gasteiger partial charge in [-0.1, -0.05) is 0 Å². The molecule has 1 aromatic heterocycles. The van der Waals surface area contributed by atoms with Crippen LogP contribution in [0.4, 0.5) is 18.9 Å². The molecule has 2 rings (SSSR count). The second kappa shape index (κ2) is 3.77.